The lowest BCUT2D eigenvalue weighted by Crippen LogP contribution is -2.44. The second-order valence-corrected chi connectivity index (χ2v) is 8.97. The monoisotopic (exact) mass is 401 g/mol. The van der Waals surface area contributed by atoms with Gasteiger partial charge in [0, 0.05) is 29.6 Å². The predicted octanol–water partition coefficient (Wildman–Crippen LogP) is 4.47. The molecule has 1 aliphatic carbocycles. The van der Waals surface area contributed by atoms with E-state index in [0.29, 0.717) is 24.6 Å². The number of urea groups is 1. The molecular formula is C22H28FN3OS. The Labute approximate surface area is 170 Å². The molecule has 6 heteroatoms. The van der Waals surface area contributed by atoms with Crippen LogP contribution in [0.5, 0.6) is 0 Å². The first-order valence-electron chi connectivity index (χ1n) is 10.2. The Bertz CT molecular complexity index is 770. The van der Waals surface area contributed by atoms with E-state index in [-0.39, 0.29) is 17.9 Å². The second kappa shape index (κ2) is 9.05. The van der Waals surface area contributed by atoms with Crippen LogP contribution in [0.4, 0.5) is 9.18 Å². The summed E-state index contributed by atoms with van der Waals surface area (Å²) in [4.78, 5) is 18.5. The fraction of sp³-hybridized carbons (Fsp3) is 0.500. The summed E-state index contributed by atoms with van der Waals surface area (Å²) in [5.74, 6) is 0.289. The molecule has 1 aromatic carbocycles. The molecule has 150 valence electrons. The van der Waals surface area contributed by atoms with Crippen LogP contribution in [0.3, 0.4) is 0 Å². The number of thiophene rings is 1. The minimum atomic E-state index is -0.237. The van der Waals surface area contributed by atoms with E-state index in [1.165, 1.54) is 10.9 Å². The summed E-state index contributed by atoms with van der Waals surface area (Å²) in [6.07, 6.45) is 4.26. The third kappa shape index (κ3) is 5.11. The van der Waals surface area contributed by atoms with Gasteiger partial charge in [0.15, 0.2) is 0 Å². The third-order valence-corrected chi connectivity index (χ3v) is 6.62. The van der Waals surface area contributed by atoms with Gasteiger partial charge in [0.25, 0.3) is 0 Å². The van der Waals surface area contributed by atoms with Crippen molar-refractivity contribution in [2.75, 3.05) is 19.6 Å². The Balaban J connectivity index is 1.23. The van der Waals surface area contributed by atoms with E-state index in [9.17, 15) is 9.18 Å². The van der Waals surface area contributed by atoms with Crippen LogP contribution >= 0.6 is 11.3 Å². The van der Waals surface area contributed by atoms with E-state index < -0.39 is 0 Å². The maximum atomic E-state index is 14.0. The highest BCUT2D eigenvalue weighted by atomic mass is 32.1. The van der Waals surface area contributed by atoms with Crippen molar-refractivity contribution in [2.24, 2.45) is 5.92 Å². The second-order valence-electron chi connectivity index (χ2n) is 7.94. The van der Waals surface area contributed by atoms with Crippen LogP contribution in [0.25, 0.3) is 0 Å². The van der Waals surface area contributed by atoms with Crippen molar-refractivity contribution in [2.45, 2.75) is 44.8 Å². The van der Waals surface area contributed by atoms with Gasteiger partial charge in [0.2, 0.25) is 0 Å². The molecule has 28 heavy (non-hydrogen) atoms. The third-order valence-electron chi connectivity index (χ3n) is 5.76. The first kappa shape index (κ1) is 19.4. The molecule has 1 saturated carbocycles. The Morgan fingerprint density at radius 2 is 1.93 bits per heavy atom. The number of amides is 2. The topological polar surface area (TPSA) is 35.6 Å². The highest BCUT2D eigenvalue weighted by molar-refractivity contribution is 7.09. The fourth-order valence-corrected chi connectivity index (χ4v) is 4.61. The van der Waals surface area contributed by atoms with Crippen molar-refractivity contribution in [1.29, 1.82) is 0 Å². The number of hydrogen-bond acceptors (Lipinski definition) is 3. The molecule has 1 aromatic heterocycles. The van der Waals surface area contributed by atoms with Crippen LogP contribution in [0.15, 0.2) is 41.8 Å². The molecule has 0 spiro atoms. The van der Waals surface area contributed by atoms with Crippen LogP contribution in [0, 0.1) is 11.7 Å². The van der Waals surface area contributed by atoms with E-state index in [1.54, 1.807) is 12.1 Å². The summed E-state index contributed by atoms with van der Waals surface area (Å²) in [6, 6.07) is 11.2. The normalized spacial score (nSPS) is 18.2. The smallest absolute Gasteiger partial charge is 0.317 e. The van der Waals surface area contributed by atoms with E-state index in [2.05, 4.69) is 27.7 Å². The zero-order chi connectivity index (χ0) is 19.3. The van der Waals surface area contributed by atoms with Crippen molar-refractivity contribution in [3.05, 3.63) is 58.0 Å². The van der Waals surface area contributed by atoms with Gasteiger partial charge in [-0.1, -0.05) is 24.3 Å². The molecule has 2 aromatic rings. The molecule has 2 fully saturated rings. The summed E-state index contributed by atoms with van der Waals surface area (Å²) < 4.78 is 14.0. The van der Waals surface area contributed by atoms with Crippen molar-refractivity contribution in [3.8, 4) is 0 Å². The van der Waals surface area contributed by atoms with Gasteiger partial charge < -0.3 is 10.2 Å². The molecule has 4 rings (SSSR count). The fourth-order valence-electron chi connectivity index (χ4n) is 3.87. The summed E-state index contributed by atoms with van der Waals surface area (Å²) in [7, 11) is 0. The summed E-state index contributed by atoms with van der Waals surface area (Å²) in [5, 5.41) is 5.25. The molecule has 1 aliphatic heterocycles. The Morgan fingerprint density at radius 3 is 2.61 bits per heavy atom. The minimum absolute atomic E-state index is 0.0493. The molecule has 2 heterocycles. The van der Waals surface area contributed by atoms with Crippen LogP contribution in [0.2, 0.25) is 0 Å². The number of benzene rings is 1. The van der Waals surface area contributed by atoms with Crippen molar-refractivity contribution in [3.63, 3.8) is 0 Å². The van der Waals surface area contributed by atoms with Crippen molar-refractivity contribution in [1.82, 2.24) is 15.1 Å². The van der Waals surface area contributed by atoms with Gasteiger partial charge in [-0.05, 0) is 62.2 Å². The quantitative estimate of drug-likeness (QED) is 0.743. The number of likely N-dealkylation sites (tertiary alicyclic amines) is 1. The highest BCUT2D eigenvalue weighted by Gasteiger charge is 2.33. The van der Waals surface area contributed by atoms with Crippen LogP contribution in [-0.4, -0.2) is 41.5 Å². The molecule has 0 unspecified atom stereocenters. The average molecular weight is 402 g/mol. The summed E-state index contributed by atoms with van der Waals surface area (Å²) in [5.41, 5.74) is 0.589. The molecule has 1 N–H and O–H groups in total. The Kier molecular flexibility index (Phi) is 6.27. The molecule has 1 saturated heterocycles. The number of hydrogen-bond donors (Lipinski definition) is 1. The van der Waals surface area contributed by atoms with Gasteiger partial charge in [-0.15, -0.1) is 11.3 Å². The SMILES string of the molecule is O=C(NCC1CCN(Cc2cccs2)CC1)N(Cc1ccccc1F)C1CC1. The largest absolute Gasteiger partial charge is 0.338 e. The van der Waals surface area contributed by atoms with Crippen LogP contribution in [0.1, 0.15) is 36.1 Å². The van der Waals surface area contributed by atoms with Crippen molar-refractivity contribution >= 4 is 17.4 Å². The standard InChI is InChI=1S/C22H28FN3OS/c23-21-6-2-1-4-18(21)15-26(19-7-8-19)22(27)24-14-17-9-11-25(12-10-17)16-20-5-3-13-28-20/h1-6,13,17,19H,7-12,14-16H2,(H,24,27). The molecule has 4 nitrogen and oxygen atoms in total. The van der Waals surface area contributed by atoms with E-state index >= 15 is 0 Å². The molecule has 0 radical (unpaired) electrons. The summed E-state index contributed by atoms with van der Waals surface area (Å²) in [6.45, 7) is 4.27. The molecule has 0 bridgehead atoms. The maximum Gasteiger partial charge on any atom is 0.317 e. The number of piperidine rings is 1. The molecule has 0 atom stereocenters. The average Bonchev–Trinajstić information content (AvgIpc) is 3.42. The lowest BCUT2D eigenvalue weighted by Gasteiger charge is -2.32. The maximum absolute atomic E-state index is 14.0. The van der Waals surface area contributed by atoms with E-state index in [4.69, 9.17) is 0 Å². The van der Waals surface area contributed by atoms with E-state index in [0.717, 1.165) is 45.3 Å². The van der Waals surface area contributed by atoms with Gasteiger partial charge in [-0.2, -0.15) is 0 Å². The number of nitrogens with zero attached hydrogens (tertiary/aromatic N) is 2. The van der Waals surface area contributed by atoms with Crippen LogP contribution in [-0.2, 0) is 13.1 Å². The molecule has 2 amide bonds. The Morgan fingerprint density at radius 1 is 1.14 bits per heavy atom. The lowest BCUT2D eigenvalue weighted by atomic mass is 9.97. The number of halogens is 1. The zero-order valence-corrected chi connectivity index (χ0v) is 17.0. The number of carbonyl (C=O) groups is 1. The first-order valence-corrected chi connectivity index (χ1v) is 11.1. The van der Waals surface area contributed by atoms with Crippen LogP contribution < -0.4 is 5.32 Å². The Hall–Kier alpha value is -1.92. The van der Waals surface area contributed by atoms with Gasteiger partial charge in [-0.3, -0.25) is 4.90 Å². The predicted molar refractivity (Wildman–Crippen MR) is 111 cm³/mol. The van der Waals surface area contributed by atoms with Gasteiger partial charge >= 0.3 is 6.03 Å². The van der Waals surface area contributed by atoms with E-state index in [1.807, 2.05) is 22.3 Å². The number of nitrogens with one attached hydrogen (secondary N) is 1. The minimum Gasteiger partial charge on any atom is -0.338 e. The van der Waals surface area contributed by atoms with Gasteiger partial charge in [0.1, 0.15) is 5.82 Å². The lowest BCUT2D eigenvalue weighted by molar-refractivity contribution is 0.167. The van der Waals surface area contributed by atoms with Crippen molar-refractivity contribution < 1.29 is 9.18 Å². The van der Waals surface area contributed by atoms with Gasteiger partial charge in [0.05, 0.1) is 6.54 Å². The summed E-state index contributed by atoms with van der Waals surface area (Å²) >= 11 is 1.81. The number of rotatable bonds is 7. The number of carbonyl (C=O) groups excluding carboxylic acids is 1. The molecular weight excluding hydrogens is 373 g/mol. The zero-order valence-electron chi connectivity index (χ0n) is 16.1. The molecule has 2 aliphatic rings. The highest BCUT2D eigenvalue weighted by Crippen LogP contribution is 2.29. The first-order chi connectivity index (χ1) is 13.7. The van der Waals surface area contributed by atoms with Gasteiger partial charge in [-0.25, -0.2) is 9.18 Å².